The molecular formula is C11H11N3O4S. The summed E-state index contributed by atoms with van der Waals surface area (Å²) in [6.45, 7) is 0. The molecule has 0 saturated heterocycles. The second-order valence-corrected chi connectivity index (χ2v) is 5.40. The van der Waals surface area contributed by atoms with Crippen molar-refractivity contribution in [2.24, 2.45) is 0 Å². The zero-order chi connectivity index (χ0) is 13.9. The minimum atomic E-state index is -3.79. The summed E-state index contributed by atoms with van der Waals surface area (Å²) in [5.74, 6) is -1.03. The maximum Gasteiger partial charge on any atom is 0.307 e. The third-order valence-electron chi connectivity index (χ3n) is 2.37. The number of benzene rings is 1. The number of sulfonamides is 1. The monoisotopic (exact) mass is 281 g/mol. The minimum absolute atomic E-state index is 0.0855. The lowest BCUT2D eigenvalue weighted by atomic mass is 10.1. The van der Waals surface area contributed by atoms with Crippen molar-refractivity contribution in [3.8, 4) is 0 Å². The van der Waals surface area contributed by atoms with Crippen molar-refractivity contribution in [1.29, 1.82) is 0 Å². The molecule has 8 heteroatoms. The van der Waals surface area contributed by atoms with Crippen molar-refractivity contribution in [1.82, 2.24) is 9.97 Å². The molecule has 0 aliphatic carbocycles. The van der Waals surface area contributed by atoms with Crippen LogP contribution in [-0.2, 0) is 21.2 Å². The van der Waals surface area contributed by atoms with Gasteiger partial charge in [0.15, 0.2) is 5.03 Å². The third-order valence-corrected chi connectivity index (χ3v) is 3.66. The number of aromatic nitrogens is 2. The molecule has 0 unspecified atom stereocenters. The third kappa shape index (κ3) is 3.10. The number of imidazole rings is 1. The predicted molar refractivity (Wildman–Crippen MR) is 67.2 cm³/mol. The molecule has 3 N–H and O–H groups in total. The molecule has 2 rings (SSSR count). The van der Waals surface area contributed by atoms with E-state index in [-0.39, 0.29) is 17.1 Å². The van der Waals surface area contributed by atoms with Crippen molar-refractivity contribution in [3.63, 3.8) is 0 Å². The van der Waals surface area contributed by atoms with Crippen LogP contribution in [0, 0.1) is 0 Å². The van der Waals surface area contributed by atoms with Gasteiger partial charge in [0.2, 0.25) is 0 Å². The van der Waals surface area contributed by atoms with Crippen LogP contribution in [-0.4, -0.2) is 29.5 Å². The first-order chi connectivity index (χ1) is 8.99. The number of nitrogens with zero attached hydrogens (tertiary/aromatic N) is 1. The second kappa shape index (κ2) is 5.11. The van der Waals surface area contributed by atoms with Gasteiger partial charge in [0.25, 0.3) is 10.0 Å². The predicted octanol–water partition coefficient (Wildman–Crippen LogP) is 0.838. The van der Waals surface area contributed by atoms with Gasteiger partial charge in [-0.05, 0) is 11.6 Å². The highest BCUT2D eigenvalue weighted by Crippen LogP contribution is 2.19. The number of carboxylic acids is 1. The Bertz CT molecular complexity index is 680. The maximum absolute atomic E-state index is 12.0. The lowest BCUT2D eigenvalue weighted by molar-refractivity contribution is -0.136. The molecule has 1 heterocycles. The van der Waals surface area contributed by atoms with Gasteiger partial charge in [0.05, 0.1) is 24.6 Å². The lowest BCUT2D eigenvalue weighted by Gasteiger charge is -2.10. The van der Waals surface area contributed by atoms with Crippen LogP contribution in [0.4, 0.5) is 5.69 Å². The van der Waals surface area contributed by atoms with Gasteiger partial charge < -0.3 is 10.1 Å². The Balaban J connectivity index is 2.31. The average Bonchev–Trinajstić information content (AvgIpc) is 2.85. The van der Waals surface area contributed by atoms with Crippen LogP contribution in [0.1, 0.15) is 5.56 Å². The standard InChI is InChI=1S/C11H11N3O4S/c15-11(16)5-8-3-1-2-4-9(8)14-19(17,18)10-6-12-7-13-10/h1-4,6-7,14H,5H2,(H,12,13)(H,15,16). The molecule has 0 atom stereocenters. The fourth-order valence-electron chi connectivity index (χ4n) is 1.53. The van der Waals surface area contributed by atoms with Crippen molar-refractivity contribution < 1.29 is 18.3 Å². The van der Waals surface area contributed by atoms with E-state index in [0.29, 0.717) is 5.56 Å². The summed E-state index contributed by atoms with van der Waals surface area (Å²) >= 11 is 0. The Hall–Kier alpha value is -2.35. The average molecular weight is 281 g/mol. The van der Waals surface area contributed by atoms with Crippen LogP contribution in [0.25, 0.3) is 0 Å². The summed E-state index contributed by atoms with van der Waals surface area (Å²) in [5.41, 5.74) is 0.623. The second-order valence-electron chi connectivity index (χ2n) is 3.75. The van der Waals surface area contributed by atoms with Crippen LogP contribution in [0.2, 0.25) is 0 Å². The number of para-hydroxylation sites is 1. The first-order valence-corrected chi connectivity index (χ1v) is 6.78. The number of hydrogen-bond donors (Lipinski definition) is 3. The Kier molecular flexibility index (Phi) is 3.52. The Morgan fingerprint density at radius 3 is 2.74 bits per heavy atom. The molecule has 0 spiro atoms. The topological polar surface area (TPSA) is 112 Å². The number of anilines is 1. The van der Waals surface area contributed by atoms with Crippen LogP contribution in [0.15, 0.2) is 41.8 Å². The van der Waals surface area contributed by atoms with Gasteiger partial charge in [0, 0.05) is 0 Å². The van der Waals surface area contributed by atoms with Gasteiger partial charge in [-0.2, -0.15) is 8.42 Å². The number of aromatic amines is 1. The first kappa shape index (κ1) is 13.1. The lowest BCUT2D eigenvalue weighted by Crippen LogP contribution is -2.15. The maximum atomic E-state index is 12.0. The van der Waals surface area contributed by atoms with Crippen LogP contribution < -0.4 is 4.72 Å². The van der Waals surface area contributed by atoms with E-state index >= 15 is 0 Å². The summed E-state index contributed by atoms with van der Waals surface area (Å²) in [4.78, 5) is 16.8. The number of hydrogen-bond acceptors (Lipinski definition) is 4. The van der Waals surface area contributed by atoms with E-state index in [2.05, 4.69) is 14.7 Å². The molecule has 2 aromatic rings. The van der Waals surface area contributed by atoms with Crippen molar-refractivity contribution in [3.05, 3.63) is 42.4 Å². The van der Waals surface area contributed by atoms with Gasteiger partial charge >= 0.3 is 5.97 Å². The summed E-state index contributed by atoms with van der Waals surface area (Å²) in [5, 5.41) is 8.69. The summed E-state index contributed by atoms with van der Waals surface area (Å²) in [6, 6.07) is 6.33. The molecular weight excluding hydrogens is 270 g/mol. The molecule has 19 heavy (non-hydrogen) atoms. The fourth-order valence-corrected chi connectivity index (χ4v) is 2.53. The van der Waals surface area contributed by atoms with E-state index in [1.807, 2.05) is 0 Å². The van der Waals surface area contributed by atoms with E-state index in [9.17, 15) is 13.2 Å². The quantitative estimate of drug-likeness (QED) is 0.751. The van der Waals surface area contributed by atoms with Crippen molar-refractivity contribution in [2.75, 3.05) is 4.72 Å². The van der Waals surface area contributed by atoms with Gasteiger partial charge in [-0.1, -0.05) is 18.2 Å². The van der Waals surface area contributed by atoms with E-state index in [4.69, 9.17) is 5.11 Å². The molecule has 0 aliphatic heterocycles. The van der Waals surface area contributed by atoms with E-state index < -0.39 is 16.0 Å². The molecule has 0 amide bonds. The zero-order valence-electron chi connectivity index (χ0n) is 9.70. The number of carbonyl (C=O) groups is 1. The van der Waals surface area contributed by atoms with E-state index in [1.165, 1.54) is 18.6 Å². The number of carboxylic acid groups (broad SMARTS) is 1. The summed E-state index contributed by atoms with van der Waals surface area (Å²) in [6.07, 6.45) is 2.15. The SMILES string of the molecule is O=C(O)Cc1ccccc1NS(=O)(=O)c1cnc[nH]1. The Labute approximate surface area is 109 Å². The normalized spacial score (nSPS) is 11.2. The van der Waals surface area contributed by atoms with Gasteiger partial charge in [-0.3, -0.25) is 9.52 Å². The van der Waals surface area contributed by atoms with Crippen LogP contribution in [0.3, 0.4) is 0 Å². The molecule has 0 saturated carbocycles. The number of rotatable bonds is 5. The largest absolute Gasteiger partial charge is 0.481 e. The minimum Gasteiger partial charge on any atom is -0.481 e. The number of aliphatic carboxylic acids is 1. The van der Waals surface area contributed by atoms with Crippen LogP contribution >= 0.6 is 0 Å². The van der Waals surface area contributed by atoms with E-state index in [1.54, 1.807) is 18.2 Å². The molecule has 100 valence electrons. The smallest absolute Gasteiger partial charge is 0.307 e. The molecule has 1 aromatic carbocycles. The van der Waals surface area contributed by atoms with Gasteiger partial charge in [-0.25, -0.2) is 4.98 Å². The zero-order valence-corrected chi connectivity index (χ0v) is 10.5. The molecule has 0 fully saturated rings. The highest BCUT2D eigenvalue weighted by atomic mass is 32.2. The van der Waals surface area contributed by atoms with Gasteiger partial charge in [-0.15, -0.1) is 0 Å². The number of H-pyrrole nitrogens is 1. The molecule has 0 radical (unpaired) electrons. The molecule has 0 aliphatic rings. The van der Waals surface area contributed by atoms with Crippen LogP contribution in [0.5, 0.6) is 0 Å². The number of nitrogens with one attached hydrogen (secondary N) is 2. The highest BCUT2D eigenvalue weighted by Gasteiger charge is 2.17. The molecule has 7 nitrogen and oxygen atoms in total. The molecule has 0 bridgehead atoms. The molecule has 1 aromatic heterocycles. The van der Waals surface area contributed by atoms with Crippen molar-refractivity contribution >= 4 is 21.7 Å². The van der Waals surface area contributed by atoms with Gasteiger partial charge in [0.1, 0.15) is 0 Å². The first-order valence-electron chi connectivity index (χ1n) is 5.30. The summed E-state index contributed by atoms with van der Waals surface area (Å²) < 4.78 is 26.3. The fraction of sp³-hybridized carbons (Fsp3) is 0.0909. The Morgan fingerprint density at radius 2 is 2.11 bits per heavy atom. The Morgan fingerprint density at radius 1 is 1.37 bits per heavy atom. The summed E-state index contributed by atoms with van der Waals surface area (Å²) in [7, 11) is -3.79. The van der Waals surface area contributed by atoms with Crippen molar-refractivity contribution in [2.45, 2.75) is 11.4 Å². The van der Waals surface area contributed by atoms with E-state index in [0.717, 1.165) is 0 Å². The highest BCUT2D eigenvalue weighted by molar-refractivity contribution is 7.92.